The van der Waals surface area contributed by atoms with Gasteiger partial charge < -0.3 is 19.1 Å². The Morgan fingerprint density at radius 3 is 2.21 bits per heavy atom. The van der Waals surface area contributed by atoms with Crippen LogP contribution in [0.5, 0.6) is 0 Å². The molecule has 1 aliphatic rings. The second kappa shape index (κ2) is 12.1. The third kappa shape index (κ3) is 9.26. The molecule has 9 heteroatoms. The summed E-state index contributed by atoms with van der Waals surface area (Å²) in [6.07, 6.45) is -0.990. The first-order valence-electron chi connectivity index (χ1n) is 13.3. The SMILES string of the molecule is CC(=O)O[C@H]1CN(C(=O)OC(C)(C)C)C[C@H]1Cc1cc(C)cc(N(Cc2ccccc2)C(=O)OC(C)(C)C)n1. The van der Waals surface area contributed by atoms with Crippen molar-refractivity contribution in [3.63, 3.8) is 0 Å². The van der Waals surface area contributed by atoms with E-state index < -0.39 is 35.5 Å². The van der Waals surface area contributed by atoms with Crippen molar-refractivity contribution in [2.45, 2.75) is 85.7 Å². The van der Waals surface area contributed by atoms with Crippen LogP contribution in [0.3, 0.4) is 0 Å². The van der Waals surface area contributed by atoms with E-state index in [1.165, 1.54) is 11.8 Å². The van der Waals surface area contributed by atoms with Gasteiger partial charge in [-0.3, -0.25) is 9.69 Å². The lowest BCUT2D eigenvalue weighted by atomic mass is 9.98. The zero-order valence-corrected chi connectivity index (χ0v) is 24.3. The maximum Gasteiger partial charge on any atom is 0.416 e. The van der Waals surface area contributed by atoms with E-state index in [2.05, 4.69) is 0 Å². The molecule has 0 N–H and O–H groups in total. The molecule has 1 aromatic carbocycles. The van der Waals surface area contributed by atoms with Crippen LogP contribution in [0.25, 0.3) is 0 Å². The van der Waals surface area contributed by atoms with E-state index in [1.54, 1.807) is 4.90 Å². The topological polar surface area (TPSA) is 98.3 Å². The third-order valence-electron chi connectivity index (χ3n) is 5.90. The molecule has 0 bridgehead atoms. The Morgan fingerprint density at radius 2 is 1.62 bits per heavy atom. The van der Waals surface area contributed by atoms with Crippen molar-refractivity contribution in [3.05, 3.63) is 59.3 Å². The fraction of sp³-hybridized carbons (Fsp3) is 0.533. The number of carbonyl (C=O) groups excluding carboxylic acids is 3. The first-order valence-corrected chi connectivity index (χ1v) is 13.3. The number of hydrogen-bond donors (Lipinski definition) is 0. The Balaban J connectivity index is 1.89. The van der Waals surface area contributed by atoms with Gasteiger partial charge in [-0.15, -0.1) is 0 Å². The number of carbonyl (C=O) groups is 3. The number of pyridine rings is 1. The van der Waals surface area contributed by atoms with Gasteiger partial charge in [-0.05, 0) is 78.1 Å². The smallest absolute Gasteiger partial charge is 0.416 e. The molecular weight excluding hydrogens is 498 g/mol. The number of aromatic nitrogens is 1. The molecule has 0 spiro atoms. The summed E-state index contributed by atoms with van der Waals surface area (Å²) in [4.78, 5) is 45.8. The fourth-order valence-corrected chi connectivity index (χ4v) is 4.41. The first kappa shape index (κ1) is 29.9. The van der Waals surface area contributed by atoms with Crippen molar-refractivity contribution in [3.8, 4) is 0 Å². The number of ether oxygens (including phenoxy) is 3. The minimum absolute atomic E-state index is 0.187. The van der Waals surface area contributed by atoms with E-state index in [4.69, 9.17) is 19.2 Å². The molecule has 1 aromatic heterocycles. The van der Waals surface area contributed by atoms with Crippen LogP contribution in [0.1, 0.15) is 65.3 Å². The summed E-state index contributed by atoms with van der Waals surface area (Å²) in [6, 6.07) is 13.4. The number of esters is 1. The van der Waals surface area contributed by atoms with Gasteiger partial charge in [-0.25, -0.2) is 14.6 Å². The molecule has 2 heterocycles. The minimum atomic E-state index is -0.676. The van der Waals surface area contributed by atoms with Crippen LogP contribution in [0.15, 0.2) is 42.5 Å². The molecule has 0 radical (unpaired) electrons. The van der Waals surface area contributed by atoms with Crippen molar-refractivity contribution in [2.24, 2.45) is 5.92 Å². The number of aryl methyl sites for hydroxylation is 1. The quantitative estimate of drug-likeness (QED) is 0.344. The van der Waals surface area contributed by atoms with Crippen LogP contribution in [-0.2, 0) is 32.0 Å². The highest BCUT2D eigenvalue weighted by atomic mass is 16.6. The Labute approximate surface area is 231 Å². The highest BCUT2D eigenvalue weighted by molar-refractivity contribution is 5.86. The summed E-state index contributed by atoms with van der Waals surface area (Å²) in [5, 5.41) is 0. The Hall–Kier alpha value is -3.62. The molecule has 0 unspecified atom stereocenters. The molecule has 9 nitrogen and oxygen atoms in total. The molecule has 0 saturated carbocycles. The number of benzene rings is 1. The number of nitrogens with zero attached hydrogens (tertiary/aromatic N) is 3. The predicted octanol–water partition coefficient (Wildman–Crippen LogP) is 5.67. The van der Waals surface area contributed by atoms with Crippen molar-refractivity contribution < 1.29 is 28.6 Å². The van der Waals surface area contributed by atoms with Gasteiger partial charge in [0, 0.05) is 25.1 Å². The van der Waals surface area contributed by atoms with Gasteiger partial charge in [-0.2, -0.15) is 0 Å². The highest BCUT2D eigenvalue weighted by Crippen LogP contribution is 2.28. The first-order chi connectivity index (χ1) is 18.1. The lowest BCUT2D eigenvalue weighted by molar-refractivity contribution is -0.147. The largest absolute Gasteiger partial charge is 0.460 e. The Kier molecular flexibility index (Phi) is 9.25. The summed E-state index contributed by atoms with van der Waals surface area (Å²) in [5.41, 5.74) is 1.27. The number of rotatable bonds is 6. The standard InChI is InChI=1S/C30H41N3O6/c1-20-14-24(16-23-18-32(19-25(23)37-21(2)34)27(35)38-29(3,4)5)31-26(15-20)33(28(36)39-30(6,7)8)17-22-12-10-9-11-13-22/h9-15,23,25H,16-19H2,1-8H3/t23-,25+/m1/s1. The Morgan fingerprint density at radius 1 is 0.974 bits per heavy atom. The molecular formula is C30H41N3O6. The lowest BCUT2D eigenvalue weighted by Gasteiger charge is -2.27. The predicted molar refractivity (Wildman–Crippen MR) is 148 cm³/mol. The molecule has 2 atom stereocenters. The van der Waals surface area contributed by atoms with Crippen LogP contribution >= 0.6 is 0 Å². The van der Waals surface area contributed by atoms with Crippen molar-refractivity contribution >= 4 is 24.0 Å². The molecule has 39 heavy (non-hydrogen) atoms. The van der Waals surface area contributed by atoms with Gasteiger partial charge in [0.1, 0.15) is 23.1 Å². The average Bonchev–Trinajstić information content (AvgIpc) is 3.17. The number of anilines is 1. The monoisotopic (exact) mass is 539 g/mol. The molecule has 1 fully saturated rings. The van der Waals surface area contributed by atoms with Gasteiger partial charge in [0.15, 0.2) is 0 Å². The molecule has 1 aliphatic heterocycles. The summed E-state index contributed by atoms with van der Waals surface area (Å²) in [5.74, 6) is -0.130. The molecule has 2 aromatic rings. The summed E-state index contributed by atoms with van der Waals surface area (Å²) < 4.78 is 16.8. The number of likely N-dealkylation sites (tertiary alicyclic amines) is 1. The molecule has 1 saturated heterocycles. The lowest BCUT2D eigenvalue weighted by Crippen LogP contribution is -2.37. The maximum atomic E-state index is 13.3. The van der Waals surface area contributed by atoms with Gasteiger partial charge in [0.2, 0.25) is 0 Å². The van der Waals surface area contributed by atoms with Crippen molar-refractivity contribution in [1.82, 2.24) is 9.88 Å². The molecule has 2 amide bonds. The average molecular weight is 540 g/mol. The van der Waals surface area contributed by atoms with Gasteiger partial charge in [-0.1, -0.05) is 30.3 Å². The second-order valence-electron chi connectivity index (χ2n) is 12.0. The van der Waals surface area contributed by atoms with Crippen LogP contribution in [0.2, 0.25) is 0 Å². The van der Waals surface area contributed by atoms with E-state index in [9.17, 15) is 14.4 Å². The number of amides is 2. The van der Waals surface area contributed by atoms with Crippen molar-refractivity contribution in [1.29, 1.82) is 0 Å². The second-order valence-corrected chi connectivity index (χ2v) is 12.0. The summed E-state index contributed by atoms with van der Waals surface area (Å²) in [7, 11) is 0. The highest BCUT2D eigenvalue weighted by Gasteiger charge is 2.39. The van der Waals surface area contributed by atoms with Crippen LogP contribution in [0.4, 0.5) is 15.4 Å². The van der Waals surface area contributed by atoms with Crippen molar-refractivity contribution in [2.75, 3.05) is 18.0 Å². The van der Waals surface area contributed by atoms with Crippen LogP contribution in [0, 0.1) is 12.8 Å². The molecule has 3 rings (SSSR count). The van der Waals surface area contributed by atoms with Gasteiger partial charge in [0.25, 0.3) is 0 Å². The molecule has 0 aliphatic carbocycles. The van der Waals surface area contributed by atoms with E-state index in [-0.39, 0.29) is 19.0 Å². The van der Waals surface area contributed by atoms with Gasteiger partial charge in [0.05, 0.1) is 13.1 Å². The van der Waals surface area contributed by atoms with E-state index in [0.29, 0.717) is 18.8 Å². The van der Waals surface area contributed by atoms with Gasteiger partial charge >= 0.3 is 18.2 Å². The minimum Gasteiger partial charge on any atom is -0.460 e. The zero-order chi connectivity index (χ0) is 29.0. The van der Waals surface area contributed by atoms with Crippen LogP contribution in [-0.4, -0.2) is 58.4 Å². The Bertz CT molecular complexity index is 1170. The normalized spacial score (nSPS) is 17.5. The van der Waals surface area contributed by atoms with E-state index in [1.807, 2.05) is 90.9 Å². The van der Waals surface area contributed by atoms with E-state index in [0.717, 1.165) is 16.8 Å². The molecule has 212 valence electrons. The zero-order valence-electron chi connectivity index (χ0n) is 24.3. The van der Waals surface area contributed by atoms with E-state index >= 15 is 0 Å². The maximum absolute atomic E-state index is 13.3. The number of hydrogen-bond acceptors (Lipinski definition) is 7. The third-order valence-corrected chi connectivity index (χ3v) is 5.90. The summed E-state index contributed by atoms with van der Waals surface area (Å²) in [6.45, 7) is 15.1. The summed E-state index contributed by atoms with van der Waals surface area (Å²) >= 11 is 0. The fourth-order valence-electron chi connectivity index (χ4n) is 4.41. The van der Waals surface area contributed by atoms with Crippen LogP contribution < -0.4 is 4.90 Å².